The molecule has 0 unspecified atom stereocenters. The molecule has 2 N–H and O–H groups in total. The van der Waals surface area contributed by atoms with Crippen LogP contribution in [0, 0.1) is 0 Å². The predicted molar refractivity (Wildman–Crippen MR) is 87.5 cm³/mol. The van der Waals surface area contributed by atoms with E-state index in [1.807, 2.05) is 43.3 Å². The third-order valence-electron chi connectivity index (χ3n) is 3.15. The number of pyridine rings is 1. The molecular weight excluding hydrogens is 298 g/mol. The molecule has 0 aliphatic carbocycles. The van der Waals surface area contributed by atoms with Crippen LogP contribution in [0.3, 0.4) is 0 Å². The quantitative estimate of drug-likeness (QED) is 0.671. The zero-order valence-corrected chi connectivity index (χ0v) is 12.8. The minimum Gasteiger partial charge on any atom is -0.482 e. The highest BCUT2D eigenvalue weighted by atomic mass is 32.1. The summed E-state index contributed by atoms with van der Waals surface area (Å²) in [5, 5.41) is 0. The largest absolute Gasteiger partial charge is 0.482 e. The van der Waals surface area contributed by atoms with E-state index < -0.39 is 0 Å². The fourth-order valence-electron chi connectivity index (χ4n) is 1.93. The van der Waals surface area contributed by atoms with Gasteiger partial charge < -0.3 is 14.9 Å². The third-order valence-corrected chi connectivity index (χ3v) is 3.48. The first-order valence-electron chi connectivity index (χ1n) is 6.80. The maximum Gasteiger partial charge on any atom is 0.169 e. The molecule has 1 aromatic heterocycles. The summed E-state index contributed by atoms with van der Waals surface area (Å²) in [5.41, 5.74) is 7.65. The van der Waals surface area contributed by atoms with Crippen LogP contribution in [0.1, 0.15) is 12.5 Å². The van der Waals surface area contributed by atoms with E-state index >= 15 is 0 Å². The van der Waals surface area contributed by atoms with Crippen LogP contribution < -0.4 is 20.3 Å². The molecule has 0 radical (unpaired) electrons. The number of benzene rings is 1. The Morgan fingerprint density at radius 3 is 2.73 bits per heavy atom. The van der Waals surface area contributed by atoms with E-state index in [0.29, 0.717) is 23.1 Å². The Labute approximate surface area is 133 Å². The number of thiocarbonyl (C=S) groups is 1. The summed E-state index contributed by atoms with van der Waals surface area (Å²) in [4.78, 5) is 4.60. The summed E-state index contributed by atoms with van der Waals surface area (Å²) in [7, 11) is 0. The number of rotatable bonds is 3. The van der Waals surface area contributed by atoms with Crippen molar-refractivity contribution in [2.45, 2.75) is 6.92 Å². The van der Waals surface area contributed by atoms with E-state index in [9.17, 15) is 0 Å². The number of para-hydroxylation sites is 2. The molecule has 5 nitrogen and oxygen atoms in total. The van der Waals surface area contributed by atoms with Crippen molar-refractivity contribution in [1.29, 1.82) is 0 Å². The molecule has 0 bridgehead atoms. The second-order valence-electron chi connectivity index (χ2n) is 4.71. The van der Waals surface area contributed by atoms with Gasteiger partial charge in [0.2, 0.25) is 0 Å². The van der Waals surface area contributed by atoms with Crippen molar-refractivity contribution in [1.82, 2.24) is 15.8 Å². The van der Waals surface area contributed by atoms with Gasteiger partial charge in [0, 0.05) is 18.0 Å². The highest BCUT2D eigenvalue weighted by Gasteiger charge is 2.17. The van der Waals surface area contributed by atoms with Gasteiger partial charge in [-0.1, -0.05) is 24.4 Å². The van der Waals surface area contributed by atoms with Gasteiger partial charge in [-0.25, -0.2) is 0 Å². The van der Waals surface area contributed by atoms with Gasteiger partial charge in [0.15, 0.2) is 17.3 Å². The van der Waals surface area contributed by atoms with E-state index in [0.717, 1.165) is 17.0 Å². The summed E-state index contributed by atoms with van der Waals surface area (Å²) in [6, 6.07) is 11.3. The summed E-state index contributed by atoms with van der Waals surface area (Å²) in [6.07, 6.45) is 3.41. The van der Waals surface area contributed by atoms with Gasteiger partial charge in [0.25, 0.3) is 0 Å². The standard InChI is InChI=1S/C16H15N3O2S/c1-11(18-19-16(22)12-5-4-8-17-9-12)15-10-20-13-6-2-3-7-14(13)21-15/h2-9,18H,10H2,1H3,(H,19,22)/b15-11+. The van der Waals surface area contributed by atoms with Crippen molar-refractivity contribution in [3.8, 4) is 11.5 Å². The number of nitrogens with one attached hydrogen (secondary N) is 2. The Morgan fingerprint density at radius 2 is 1.95 bits per heavy atom. The zero-order valence-electron chi connectivity index (χ0n) is 12.0. The Kier molecular flexibility index (Phi) is 4.20. The SMILES string of the molecule is C/C(NNC(=S)c1cccnc1)=C1/COc2ccccc2O1. The maximum absolute atomic E-state index is 5.83. The molecule has 1 aliphatic heterocycles. The smallest absolute Gasteiger partial charge is 0.169 e. The van der Waals surface area contributed by atoms with Crippen molar-refractivity contribution >= 4 is 17.2 Å². The number of aromatic nitrogens is 1. The molecule has 1 aliphatic rings. The van der Waals surface area contributed by atoms with Crippen molar-refractivity contribution in [2.24, 2.45) is 0 Å². The Hall–Kier alpha value is -2.60. The minimum absolute atomic E-state index is 0.372. The van der Waals surface area contributed by atoms with Gasteiger partial charge in [0.05, 0.1) is 5.70 Å². The van der Waals surface area contributed by atoms with E-state index in [4.69, 9.17) is 21.7 Å². The van der Waals surface area contributed by atoms with Gasteiger partial charge in [-0.2, -0.15) is 0 Å². The molecule has 0 amide bonds. The molecule has 0 atom stereocenters. The lowest BCUT2D eigenvalue weighted by molar-refractivity contribution is 0.226. The summed E-state index contributed by atoms with van der Waals surface area (Å²) >= 11 is 5.30. The van der Waals surface area contributed by atoms with Crippen LogP contribution in [0.5, 0.6) is 11.5 Å². The molecule has 2 heterocycles. The molecule has 0 saturated heterocycles. The highest BCUT2D eigenvalue weighted by Crippen LogP contribution is 2.32. The number of hydrogen-bond donors (Lipinski definition) is 2. The topological polar surface area (TPSA) is 55.4 Å². The number of hydrogen-bond acceptors (Lipinski definition) is 5. The second kappa shape index (κ2) is 6.44. The number of hydrazine groups is 1. The fraction of sp³-hybridized carbons (Fsp3) is 0.125. The van der Waals surface area contributed by atoms with Crippen LogP contribution in [0.25, 0.3) is 0 Å². The van der Waals surface area contributed by atoms with Gasteiger partial charge in [-0.3, -0.25) is 10.4 Å². The maximum atomic E-state index is 5.83. The van der Waals surface area contributed by atoms with Gasteiger partial charge in [-0.05, 0) is 31.2 Å². The van der Waals surface area contributed by atoms with Crippen LogP contribution in [-0.4, -0.2) is 16.6 Å². The van der Waals surface area contributed by atoms with Crippen molar-refractivity contribution in [3.05, 3.63) is 65.8 Å². The molecule has 1 aromatic carbocycles. The minimum atomic E-state index is 0.372. The van der Waals surface area contributed by atoms with Crippen LogP contribution in [-0.2, 0) is 0 Å². The van der Waals surface area contributed by atoms with E-state index in [-0.39, 0.29) is 0 Å². The van der Waals surface area contributed by atoms with Gasteiger partial charge >= 0.3 is 0 Å². The number of nitrogens with zero attached hydrogens (tertiary/aromatic N) is 1. The number of fused-ring (bicyclic) bond motifs is 1. The Balaban J connectivity index is 1.65. The van der Waals surface area contributed by atoms with Crippen molar-refractivity contribution in [2.75, 3.05) is 6.61 Å². The first-order valence-corrected chi connectivity index (χ1v) is 7.20. The first kappa shape index (κ1) is 14.3. The molecular formula is C16H15N3O2S. The lowest BCUT2D eigenvalue weighted by atomic mass is 10.3. The number of ether oxygens (including phenoxy) is 2. The van der Waals surface area contributed by atoms with E-state index in [1.165, 1.54) is 0 Å². The summed E-state index contributed by atoms with van der Waals surface area (Å²) in [5.74, 6) is 2.16. The van der Waals surface area contributed by atoms with E-state index in [2.05, 4.69) is 15.8 Å². The van der Waals surface area contributed by atoms with Crippen LogP contribution in [0.15, 0.2) is 60.2 Å². The molecule has 2 aromatic rings. The van der Waals surface area contributed by atoms with E-state index in [1.54, 1.807) is 12.4 Å². The van der Waals surface area contributed by atoms with Crippen LogP contribution in [0.2, 0.25) is 0 Å². The lowest BCUT2D eigenvalue weighted by Gasteiger charge is -2.22. The molecule has 3 rings (SSSR count). The second-order valence-corrected chi connectivity index (χ2v) is 5.11. The van der Waals surface area contributed by atoms with Crippen molar-refractivity contribution < 1.29 is 9.47 Å². The Bertz CT molecular complexity index is 716. The third kappa shape index (κ3) is 3.17. The monoisotopic (exact) mass is 313 g/mol. The molecule has 6 heteroatoms. The molecule has 0 spiro atoms. The predicted octanol–water partition coefficient (Wildman–Crippen LogP) is 2.55. The molecule has 0 saturated carbocycles. The molecule has 22 heavy (non-hydrogen) atoms. The average Bonchev–Trinajstić information content (AvgIpc) is 2.59. The normalized spacial score (nSPS) is 15.0. The van der Waals surface area contributed by atoms with Gasteiger partial charge in [-0.15, -0.1) is 0 Å². The van der Waals surface area contributed by atoms with Crippen molar-refractivity contribution in [3.63, 3.8) is 0 Å². The molecule has 112 valence electrons. The Morgan fingerprint density at radius 1 is 1.14 bits per heavy atom. The first-order chi connectivity index (χ1) is 10.7. The average molecular weight is 313 g/mol. The van der Waals surface area contributed by atoms with Crippen LogP contribution in [0.4, 0.5) is 0 Å². The van der Waals surface area contributed by atoms with Crippen LogP contribution >= 0.6 is 12.2 Å². The zero-order chi connectivity index (χ0) is 15.4. The molecule has 0 fully saturated rings. The summed E-state index contributed by atoms with van der Waals surface area (Å²) in [6.45, 7) is 2.27. The summed E-state index contributed by atoms with van der Waals surface area (Å²) < 4.78 is 11.5. The fourth-order valence-corrected chi connectivity index (χ4v) is 2.11. The number of allylic oxidation sites excluding steroid dienone is 1. The highest BCUT2D eigenvalue weighted by molar-refractivity contribution is 7.80. The lowest BCUT2D eigenvalue weighted by Crippen LogP contribution is -2.37. The van der Waals surface area contributed by atoms with Gasteiger partial charge in [0.1, 0.15) is 11.6 Å².